The first kappa shape index (κ1) is 12.9. The largest absolute Gasteiger partial charge is 0.504 e. The first-order valence-electron chi connectivity index (χ1n) is 6.01. The van der Waals surface area contributed by atoms with Crippen LogP contribution < -0.4 is 0 Å². The molecule has 2 heterocycles. The maximum Gasteiger partial charge on any atom is 0.258 e. The number of benzene rings is 1. The zero-order valence-corrected chi connectivity index (χ0v) is 11.2. The van der Waals surface area contributed by atoms with Crippen LogP contribution in [0, 0.1) is 0 Å². The van der Waals surface area contributed by atoms with Gasteiger partial charge in [0.1, 0.15) is 0 Å². The molecule has 1 aromatic carbocycles. The topological polar surface area (TPSA) is 114 Å². The summed E-state index contributed by atoms with van der Waals surface area (Å²) in [7, 11) is -3.01. The van der Waals surface area contributed by atoms with Crippen LogP contribution in [0.5, 0.6) is 11.5 Å². The molecular formula is C12H12N2O5S. The summed E-state index contributed by atoms with van der Waals surface area (Å²) < 4.78 is 27.9. The summed E-state index contributed by atoms with van der Waals surface area (Å²) in [5.41, 5.74) is 0.458. The molecule has 0 saturated carbocycles. The Kier molecular flexibility index (Phi) is 2.89. The molecule has 20 heavy (non-hydrogen) atoms. The first-order chi connectivity index (χ1) is 9.44. The van der Waals surface area contributed by atoms with Gasteiger partial charge in [0.2, 0.25) is 0 Å². The van der Waals surface area contributed by atoms with Gasteiger partial charge in [0.25, 0.3) is 5.89 Å². The van der Waals surface area contributed by atoms with Crippen molar-refractivity contribution in [1.82, 2.24) is 10.1 Å². The van der Waals surface area contributed by atoms with E-state index in [1.54, 1.807) is 0 Å². The van der Waals surface area contributed by atoms with Crippen molar-refractivity contribution in [2.75, 3.05) is 11.5 Å². The Morgan fingerprint density at radius 3 is 2.70 bits per heavy atom. The zero-order valence-electron chi connectivity index (χ0n) is 10.4. The van der Waals surface area contributed by atoms with Crippen molar-refractivity contribution in [3.8, 4) is 23.0 Å². The number of sulfone groups is 1. The maximum atomic E-state index is 11.4. The fourth-order valence-electron chi connectivity index (χ4n) is 2.17. The van der Waals surface area contributed by atoms with Gasteiger partial charge in [0.15, 0.2) is 27.2 Å². The third-order valence-corrected chi connectivity index (χ3v) is 5.03. The van der Waals surface area contributed by atoms with Crippen molar-refractivity contribution >= 4 is 9.84 Å². The van der Waals surface area contributed by atoms with E-state index < -0.39 is 9.84 Å². The van der Waals surface area contributed by atoms with Crippen molar-refractivity contribution in [2.24, 2.45) is 0 Å². The number of rotatable bonds is 2. The molecule has 0 spiro atoms. The third-order valence-electron chi connectivity index (χ3n) is 3.26. The molecular weight excluding hydrogens is 284 g/mol. The molecule has 106 valence electrons. The van der Waals surface area contributed by atoms with Gasteiger partial charge in [0.05, 0.1) is 11.5 Å². The Balaban J connectivity index is 1.89. The number of phenols is 2. The quantitative estimate of drug-likeness (QED) is 0.796. The van der Waals surface area contributed by atoms with Gasteiger partial charge in [-0.05, 0) is 24.6 Å². The second-order valence-corrected chi connectivity index (χ2v) is 6.99. The van der Waals surface area contributed by atoms with Gasteiger partial charge in [-0.1, -0.05) is 5.16 Å². The van der Waals surface area contributed by atoms with Gasteiger partial charge in [-0.2, -0.15) is 4.98 Å². The molecule has 1 fully saturated rings. The number of aromatic hydroxyl groups is 2. The van der Waals surface area contributed by atoms with Gasteiger partial charge in [-0.25, -0.2) is 8.42 Å². The summed E-state index contributed by atoms with van der Waals surface area (Å²) in [5, 5.41) is 22.5. The standard InChI is InChI=1S/C12H12N2O5S/c15-9-2-1-7(5-10(9)16)12-13-11(14-19-12)8-3-4-20(17,18)6-8/h1-2,5,8,15-16H,3-4,6H2. The maximum absolute atomic E-state index is 11.4. The van der Waals surface area contributed by atoms with Crippen LogP contribution in [0.3, 0.4) is 0 Å². The normalized spacial score (nSPS) is 21.1. The lowest BCUT2D eigenvalue weighted by Gasteiger charge is -1.99. The molecule has 7 nitrogen and oxygen atoms in total. The Bertz CT molecular complexity index is 753. The van der Waals surface area contributed by atoms with Crippen LogP contribution in [0.4, 0.5) is 0 Å². The van der Waals surface area contributed by atoms with Crippen LogP contribution in [0.25, 0.3) is 11.5 Å². The predicted octanol–water partition coefficient (Wildman–Crippen LogP) is 1.05. The summed E-state index contributed by atoms with van der Waals surface area (Å²) in [4.78, 5) is 4.16. The van der Waals surface area contributed by atoms with E-state index in [0.717, 1.165) is 0 Å². The van der Waals surface area contributed by atoms with Crippen LogP contribution in [-0.4, -0.2) is 40.3 Å². The second-order valence-electron chi connectivity index (χ2n) is 4.76. The molecule has 0 amide bonds. The van der Waals surface area contributed by atoms with Crippen LogP contribution in [-0.2, 0) is 9.84 Å². The predicted molar refractivity (Wildman–Crippen MR) is 69.1 cm³/mol. The highest BCUT2D eigenvalue weighted by Gasteiger charge is 2.32. The number of hydrogen-bond donors (Lipinski definition) is 2. The number of hydrogen-bond acceptors (Lipinski definition) is 7. The summed E-state index contributed by atoms with van der Waals surface area (Å²) in [6.07, 6.45) is 0.488. The van der Waals surface area contributed by atoms with Crippen molar-refractivity contribution < 1.29 is 23.2 Å². The van der Waals surface area contributed by atoms with E-state index in [1.165, 1.54) is 18.2 Å². The van der Waals surface area contributed by atoms with Crippen molar-refractivity contribution in [3.05, 3.63) is 24.0 Å². The van der Waals surface area contributed by atoms with Crippen molar-refractivity contribution in [1.29, 1.82) is 0 Å². The van der Waals surface area contributed by atoms with Gasteiger partial charge < -0.3 is 14.7 Å². The molecule has 1 aromatic heterocycles. The van der Waals surface area contributed by atoms with Crippen LogP contribution >= 0.6 is 0 Å². The average Bonchev–Trinajstić information content (AvgIpc) is 2.99. The van der Waals surface area contributed by atoms with Gasteiger partial charge in [-0.15, -0.1) is 0 Å². The van der Waals surface area contributed by atoms with E-state index in [0.29, 0.717) is 17.8 Å². The zero-order chi connectivity index (χ0) is 14.3. The lowest BCUT2D eigenvalue weighted by Crippen LogP contribution is -2.04. The molecule has 1 unspecified atom stereocenters. The minimum absolute atomic E-state index is 0.0345. The van der Waals surface area contributed by atoms with Crippen LogP contribution in [0.15, 0.2) is 22.7 Å². The van der Waals surface area contributed by atoms with Crippen LogP contribution in [0.1, 0.15) is 18.2 Å². The fourth-order valence-corrected chi connectivity index (χ4v) is 3.91. The average molecular weight is 296 g/mol. The monoisotopic (exact) mass is 296 g/mol. The van der Waals surface area contributed by atoms with Crippen molar-refractivity contribution in [2.45, 2.75) is 12.3 Å². The number of aromatic nitrogens is 2. The summed E-state index contributed by atoms with van der Waals surface area (Å²) >= 11 is 0. The van der Waals surface area contributed by atoms with E-state index in [4.69, 9.17) is 4.52 Å². The Labute approximate surface area is 114 Å². The lowest BCUT2D eigenvalue weighted by atomic mass is 10.1. The number of nitrogens with zero attached hydrogens (tertiary/aromatic N) is 2. The molecule has 1 saturated heterocycles. The van der Waals surface area contributed by atoms with Gasteiger partial charge >= 0.3 is 0 Å². The Morgan fingerprint density at radius 1 is 1.25 bits per heavy atom. The molecule has 1 aliphatic rings. The molecule has 0 aliphatic carbocycles. The minimum atomic E-state index is -3.01. The second kappa shape index (κ2) is 4.48. The molecule has 1 atom stereocenters. The third kappa shape index (κ3) is 2.34. The summed E-state index contributed by atoms with van der Waals surface area (Å²) in [6, 6.07) is 4.14. The number of phenolic OH excluding ortho intramolecular Hbond substituents is 2. The van der Waals surface area contributed by atoms with E-state index in [1.807, 2.05) is 0 Å². The summed E-state index contributed by atoms with van der Waals surface area (Å²) in [5.74, 6) is -0.0635. The molecule has 0 radical (unpaired) electrons. The Hall–Kier alpha value is -2.09. The molecule has 1 aliphatic heterocycles. The highest BCUT2D eigenvalue weighted by molar-refractivity contribution is 7.91. The van der Waals surface area contributed by atoms with E-state index in [9.17, 15) is 18.6 Å². The van der Waals surface area contributed by atoms with E-state index >= 15 is 0 Å². The molecule has 3 rings (SSSR count). The fraction of sp³-hybridized carbons (Fsp3) is 0.333. The van der Waals surface area contributed by atoms with Crippen LogP contribution in [0.2, 0.25) is 0 Å². The van der Waals surface area contributed by atoms with Gasteiger partial charge in [-0.3, -0.25) is 0 Å². The molecule has 0 bridgehead atoms. The lowest BCUT2D eigenvalue weighted by molar-refractivity contribution is 0.402. The smallest absolute Gasteiger partial charge is 0.258 e. The molecule has 2 N–H and O–H groups in total. The molecule has 2 aromatic rings. The highest BCUT2D eigenvalue weighted by atomic mass is 32.2. The van der Waals surface area contributed by atoms with E-state index in [-0.39, 0.29) is 34.8 Å². The first-order valence-corrected chi connectivity index (χ1v) is 7.83. The minimum Gasteiger partial charge on any atom is -0.504 e. The van der Waals surface area contributed by atoms with Crippen molar-refractivity contribution in [3.63, 3.8) is 0 Å². The highest BCUT2D eigenvalue weighted by Crippen LogP contribution is 2.32. The Morgan fingerprint density at radius 2 is 2.05 bits per heavy atom. The SMILES string of the molecule is O=S1(=O)CCC(c2noc(-c3ccc(O)c(O)c3)n2)C1. The van der Waals surface area contributed by atoms with E-state index in [2.05, 4.69) is 10.1 Å². The molecule has 8 heteroatoms. The summed E-state index contributed by atoms with van der Waals surface area (Å²) in [6.45, 7) is 0. The van der Waals surface area contributed by atoms with Gasteiger partial charge in [0, 0.05) is 11.5 Å².